The van der Waals surface area contributed by atoms with Crippen LogP contribution in [0.15, 0.2) is 24.3 Å². The summed E-state index contributed by atoms with van der Waals surface area (Å²) in [5, 5.41) is 0. The third-order valence-electron chi connectivity index (χ3n) is 3.46. The van der Waals surface area contributed by atoms with Gasteiger partial charge in [0.05, 0.1) is 0 Å². The zero-order valence-corrected chi connectivity index (χ0v) is 12.9. The number of alkyl halides is 3. The minimum Gasteiger partial charge on any atom is -0.465 e. The molecule has 0 saturated heterocycles. The fraction of sp³-hybridized carbons (Fsp3) is 0.625. The molecule has 0 aliphatic rings. The van der Waals surface area contributed by atoms with Crippen LogP contribution in [0.25, 0.3) is 0 Å². The molecule has 0 fully saturated rings. The Hall–Kier alpha value is -1.23. The van der Waals surface area contributed by atoms with Crippen molar-refractivity contribution in [2.24, 2.45) is 0 Å². The zero-order valence-electron chi connectivity index (χ0n) is 12.9. The largest absolute Gasteiger partial charge is 0.465 e. The molecule has 0 saturated carbocycles. The third kappa shape index (κ3) is 5.58. The highest BCUT2D eigenvalue weighted by Crippen LogP contribution is 2.27. The van der Waals surface area contributed by atoms with Crippen molar-refractivity contribution in [3.63, 3.8) is 0 Å². The van der Waals surface area contributed by atoms with Crippen LogP contribution in [0.3, 0.4) is 0 Å². The Bertz CT molecular complexity index is 415. The predicted molar refractivity (Wildman–Crippen MR) is 76.5 cm³/mol. The van der Waals surface area contributed by atoms with Crippen LogP contribution < -0.4 is 4.74 Å². The minimum absolute atomic E-state index is 0.135. The van der Waals surface area contributed by atoms with Gasteiger partial charge < -0.3 is 9.47 Å². The van der Waals surface area contributed by atoms with Crippen LogP contribution in [0.5, 0.6) is 5.75 Å². The Morgan fingerprint density at radius 2 is 1.57 bits per heavy atom. The van der Waals surface area contributed by atoms with Gasteiger partial charge in [-0.3, -0.25) is 0 Å². The lowest BCUT2D eigenvalue weighted by Crippen LogP contribution is -2.35. The van der Waals surface area contributed by atoms with Gasteiger partial charge in [-0.25, -0.2) is 0 Å². The Balaban J connectivity index is 2.60. The maximum atomic E-state index is 12.6. The Morgan fingerprint density at radius 3 is 2.00 bits per heavy atom. The van der Waals surface area contributed by atoms with Crippen LogP contribution >= 0.6 is 0 Å². The molecular formula is C16H23F3O2. The van der Waals surface area contributed by atoms with E-state index in [1.807, 2.05) is 12.1 Å². The van der Waals surface area contributed by atoms with Gasteiger partial charge in [-0.15, -0.1) is 0 Å². The van der Waals surface area contributed by atoms with Crippen molar-refractivity contribution in [3.05, 3.63) is 29.8 Å². The monoisotopic (exact) mass is 304 g/mol. The van der Waals surface area contributed by atoms with E-state index in [1.165, 1.54) is 19.4 Å². The third-order valence-corrected chi connectivity index (χ3v) is 3.46. The molecule has 0 aliphatic carbocycles. The number of ether oxygens (including phenoxy) is 2. The molecule has 1 aromatic rings. The molecule has 3 atom stereocenters. The predicted octanol–water partition coefficient (Wildman–Crippen LogP) is 5.28. The van der Waals surface area contributed by atoms with Gasteiger partial charge in [0.25, 0.3) is 0 Å². The molecular weight excluding hydrogens is 281 g/mol. The Labute approximate surface area is 124 Å². The molecule has 1 rings (SSSR count). The summed E-state index contributed by atoms with van der Waals surface area (Å²) in [4.78, 5) is 0. The highest BCUT2D eigenvalue weighted by molar-refractivity contribution is 5.29. The Morgan fingerprint density at radius 1 is 1.00 bits per heavy atom. The van der Waals surface area contributed by atoms with Gasteiger partial charge >= 0.3 is 6.18 Å². The van der Waals surface area contributed by atoms with Gasteiger partial charge in [-0.1, -0.05) is 32.9 Å². The van der Waals surface area contributed by atoms with E-state index in [-0.39, 0.29) is 6.42 Å². The van der Waals surface area contributed by atoms with Crippen LogP contribution in [0.2, 0.25) is 0 Å². The summed E-state index contributed by atoms with van der Waals surface area (Å²) in [6.45, 7) is 7.13. The average molecular weight is 304 g/mol. The number of rotatable bonds is 7. The quantitative estimate of drug-likeness (QED) is 0.638. The maximum Gasteiger partial charge on any atom is 0.414 e. The normalized spacial score (nSPS) is 16.3. The molecule has 0 amide bonds. The first-order valence-corrected chi connectivity index (χ1v) is 7.26. The first kappa shape index (κ1) is 17.8. The van der Waals surface area contributed by atoms with E-state index in [9.17, 15) is 13.2 Å². The molecule has 3 unspecified atom stereocenters. The number of halogens is 3. The first-order valence-electron chi connectivity index (χ1n) is 7.26. The number of hydrogen-bond acceptors (Lipinski definition) is 2. The van der Waals surface area contributed by atoms with Gasteiger partial charge in [0, 0.05) is 0 Å². The lowest BCUT2D eigenvalue weighted by molar-refractivity contribution is -0.254. The average Bonchev–Trinajstić information content (AvgIpc) is 2.43. The van der Waals surface area contributed by atoms with Crippen LogP contribution in [0.1, 0.15) is 52.0 Å². The first-order chi connectivity index (χ1) is 9.77. The van der Waals surface area contributed by atoms with E-state index in [0.29, 0.717) is 11.7 Å². The molecule has 0 N–H and O–H groups in total. The smallest absolute Gasteiger partial charge is 0.414 e. The van der Waals surface area contributed by atoms with E-state index in [1.54, 1.807) is 12.1 Å². The fourth-order valence-corrected chi connectivity index (χ4v) is 1.97. The second-order valence-corrected chi connectivity index (χ2v) is 5.14. The van der Waals surface area contributed by atoms with Crippen molar-refractivity contribution in [2.45, 2.75) is 65.0 Å². The zero-order chi connectivity index (χ0) is 16.0. The number of benzene rings is 1. The highest BCUT2D eigenvalue weighted by atomic mass is 19.4. The van der Waals surface area contributed by atoms with Crippen molar-refractivity contribution in [1.82, 2.24) is 0 Å². The highest BCUT2D eigenvalue weighted by Gasteiger charge is 2.40. The molecule has 120 valence electrons. The van der Waals surface area contributed by atoms with Gasteiger partial charge in [-0.2, -0.15) is 13.2 Å². The van der Waals surface area contributed by atoms with E-state index < -0.39 is 18.6 Å². The van der Waals surface area contributed by atoms with E-state index in [2.05, 4.69) is 13.8 Å². The molecule has 0 heterocycles. The summed E-state index contributed by atoms with van der Waals surface area (Å²) in [7, 11) is 0. The lowest BCUT2D eigenvalue weighted by Gasteiger charge is -2.24. The van der Waals surface area contributed by atoms with Crippen molar-refractivity contribution in [1.29, 1.82) is 0 Å². The molecule has 21 heavy (non-hydrogen) atoms. The molecule has 5 heteroatoms. The SMILES string of the molecule is CCC(C)c1ccc(OC(C)OC(CC)C(F)(F)F)cc1. The van der Waals surface area contributed by atoms with Crippen molar-refractivity contribution in [2.75, 3.05) is 0 Å². The number of hydrogen-bond donors (Lipinski definition) is 0. The van der Waals surface area contributed by atoms with Crippen molar-refractivity contribution < 1.29 is 22.6 Å². The summed E-state index contributed by atoms with van der Waals surface area (Å²) in [6, 6.07) is 7.38. The second-order valence-electron chi connectivity index (χ2n) is 5.14. The maximum absolute atomic E-state index is 12.6. The van der Waals surface area contributed by atoms with E-state index >= 15 is 0 Å². The topological polar surface area (TPSA) is 18.5 Å². The molecule has 1 aromatic carbocycles. The summed E-state index contributed by atoms with van der Waals surface area (Å²) in [5.74, 6) is 0.953. The van der Waals surface area contributed by atoms with Gasteiger partial charge in [0.2, 0.25) is 0 Å². The van der Waals surface area contributed by atoms with Crippen molar-refractivity contribution >= 4 is 0 Å². The van der Waals surface area contributed by atoms with Gasteiger partial charge in [0.15, 0.2) is 12.4 Å². The molecule has 2 nitrogen and oxygen atoms in total. The summed E-state index contributed by atoms with van der Waals surface area (Å²) in [6.07, 6.45) is -6.22. The van der Waals surface area contributed by atoms with Crippen LogP contribution in [0, 0.1) is 0 Å². The van der Waals surface area contributed by atoms with Crippen LogP contribution in [-0.4, -0.2) is 18.6 Å². The summed E-state index contributed by atoms with van der Waals surface area (Å²) in [5.41, 5.74) is 1.18. The molecule has 0 bridgehead atoms. The standard InChI is InChI=1S/C16H23F3O2/c1-5-11(3)13-7-9-14(10-8-13)20-12(4)21-15(6-2)16(17,18)19/h7-12,15H,5-6H2,1-4H3. The summed E-state index contributed by atoms with van der Waals surface area (Å²) >= 11 is 0. The van der Waals surface area contributed by atoms with Crippen LogP contribution in [-0.2, 0) is 4.74 Å². The van der Waals surface area contributed by atoms with Gasteiger partial charge in [0.1, 0.15) is 5.75 Å². The molecule has 0 spiro atoms. The molecule has 0 radical (unpaired) electrons. The fourth-order valence-electron chi connectivity index (χ4n) is 1.97. The molecule has 0 aromatic heterocycles. The minimum atomic E-state index is -4.37. The van der Waals surface area contributed by atoms with Gasteiger partial charge in [-0.05, 0) is 43.4 Å². The van der Waals surface area contributed by atoms with E-state index in [4.69, 9.17) is 9.47 Å². The van der Waals surface area contributed by atoms with E-state index in [0.717, 1.165) is 6.42 Å². The second kappa shape index (κ2) is 7.69. The van der Waals surface area contributed by atoms with Crippen LogP contribution in [0.4, 0.5) is 13.2 Å². The molecule has 0 aliphatic heterocycles. The lowest BCUT2D eigenvalue weighted by atomic mass is 9.99. The Kier molecular flexibility index (Phi) is 6.52. The van der Waals surface area contributed by atoms with Crippen molar-refractivity contribution in [3.8, 4) is 5.75 Å². The summed E-state index contributed by atoms with van der Waals surface area (Å²) < 4.78 is 48.2.